The Morgan fingerprint density at radius 1 is 1.35 bits per heavy atom. The standard InChI is InChI=1S/C13H17NO3/c1-15-10-2-3-13-11(6-10)12(4-5-17-13)14-9-7-16-8-9/h2-3,6,9,12,14H,4-5,7-8H2,1H3. The Morgan fingerprint density at radius 3 is 2.94 bits per heavy atom. The zero-order chi connectivity index (χ0) is 11.7. The number of hydrogen-bond donors (Lipinski definition) is 1. The summed E-state index contributed by atoms with van der Waals surface area (Å²) in [7, 11) is 1.69. The largest absolute Gasteiger partial charge is 0.497 e. The van der Waals surface area contributed by atoms with Crippen molar-refractivity contribution < 1.29 is 14.2 Å². The lowest BCUT2D eigenvalue weighted by Crippen LogP contribution is -2.48. The van der Waals surface area contributed by atoms with E-state index < -0.39 is 0 Å². The minimum absolute atomic E-state index is 0.350. The molecule has 0 amide bonds. The van der Waals surface area contributed by atoms with Gasteiger partial charge in [0, 0.05) is 18.0 Å². The molecule has 1 atom stereocenters. The van der Waals surface area contributed by atoms with Gasteiger partial charge >= 0.3 is 0 Å². The molecule has 1 saturated heterocycles. The lowest BCUT2D eigenvalue weighted by atomic mass is 9.99. The van der Waals surface area contributed by atoms with Gasteiger partial charge in [0.2, 0.25) is 0 Å². The molecule has 0 radical (unpaired) electrons. The average Bonchev–Trinajstić information content (AvgIpc) is 2.33. The molecule has 92 valence electrons. The molecule has 4 nitrogen and oxygen atoms in total. The number of ether oxygens (including phenoxy) is 3. The van der Waals surface area contributed by atoms with Gasteiger partial charge in [0.1, 0.15) is 11.5 Å². The number of methoxy groups -OCH3 is 1. The second-order valence-corrected chi connectivity index (χ2v) is 4.49. The summed E-state index contributed by atoms with van der Waals surface area (Å²) >= 11 is 0. The molecule has 2 heterocycles. The molecular formula is C13H17NO3. The molecule has 1 fully saturated rings. The predicted molar refractivity (Wildman–Crippen MR) is 63.6 cm³/mol. The molecule has 17 heavy (non-hydrogen) atoms. The Hall–Kier alpha value is -1.26. The van der Waals surface area contributed by atoms with Crippen molar-refractivity contribution in [2.24, 2.45) is 0 Å². The number of fused-ring (bicyclic) bond motifs is 1. The van der Waals surface area contributed by atoms with E-state index in [0.717, 1.165) is 37.7 Å². The van der Waals surface area contributed by atoms with Crippen LogP contribution in [0.15, 0.2) is 18.2 Å². The summed E-state index contributed by atoms with van der Waals surface area (Å²) in [5.74, 6) is 1.85. The fraction of sp³-hybridized carbons (Fsp3) is 0.538. The number of rotatable bonds is 3. The van der Waals surface area contributed by atoms with Crippen molar-refractivity contribution in [3.05, 3.63) is 23.8 Å². The molecular weight excluding hydrogens is 218 g/mol. The Kier molecular flexibility index (Phi) is 2.91. The van der Waals surface area contributed by atoms with Crippen LogP contribution in [0.25, 0.3) is 0 Å². The van der Waals surface area contributed by atoms with Crippen LogP contribution < -0.4 is 14.8 Å². The Balaban J connectivity index is 1.82. The van der Waals surface area contributed by atoms with E-state index in [0.29, 0.717) is 12.1 Å². The van der Waals surface area contributed by atoms with E-state index in [1.165, 1.54) is 5.56 Å². The lowest BCUT2D eigenvalue weighted by molar-refractivity contribution is -0.0122. The summed E-state index contributed by atoms with van der Waals surface area (Å²) < 4.78 is 16.1. The molecule has 0 aliphatic carbocycles. The van der Waals surface area contributed by atoms with Gasteiger partial charge in [-0.15, -0.1) is 0 Å². The number of benzene rings is 1. The fourth-order valence-corrected chi connectivity index (χ4v) is 2.29. The topological polar surface area (TPSA) is 39.7 Å². The smallest absolute Gasteiger partial charge is 0.124 e. The highest BCUT2D eigenvalue weighted by Crippen LogP contribution is 2.35. The van der Waals surface area contributed by atoms with E-state index in [-0.39, 0.29) is 0 Å². The van der Waals surface area contributed by atoms with Crippen LogP contribution >= 0.6 is 0 Å². The molecule has 1 aromatic carbocycles. The minimum Gasteiger partial charge on any atom is -0.497 e. The molecule has 0 saturated carbocycles. The second kappa shape index (κ2) is 4.55. The molecule has 2 aliphatic rings. The molecule has 0 spiro atoms. The molecule has 1 aromatic rings. The maximum Gasteiger partial charge on any atom is 0.124 e. The van der Waals surface area contributed by atoms with Crippen molar-refractivity contribution in [3.8, 4) is 11.5 Å². The maximum absolute atomic E-state index is 5.66. The molecule has 0 aromatic heterocycles. The third kappa shape index (κ3) is 2.10. The summed E-state index contributed by atoms with van der Waals surface area (Å²) in [5.41, 5.74) is 1.20. The van der Waals surface area contributed by atoms with Crippen molar-refractivity contribution >= 4 is 0 Å². The van der Waals surface area contributed by atoms with E-state index in [4.69, 9.17) is 14.2 Å². The van der Waals surface area contributed by atoms with Gasteiger partial charge in [-0.25, -0.2) is 0 Å². The van der Waals surface area contributed by atoms with E-state index in [1.807, 2.05) is 12.1 Å². The Morgan fingerprint density at radius 2 is 2.24 bits per heavy atom. The first-order chi connectivity index (χ1) is 8.36. The van der Waals surface area contributed by atoms with Crippen molar-refractivity contribution in [1.82, 2.24) is 5.32 Å². The van der Waals surface area contributed by atoms with E-state index >= 15 is 0 Å². The molecule has 2 aliphatic heterocycles. The fourth-order valence-electron chi connectivity index (χ4n) is 2.29. The van der Waals surface area contributed by atoms with Crippen molar-refractivity contribution in [3.63, 3.8) is 0 Å². The second-order valence-electron chi connectivity index (χ2n) is 4.49. The van der Waals surface area contributed by atoms with Crippen LogP contribution in [0.2, 0.25) is 0 Å². The van der Waals surface area contributed by atoms with Crippen molar-refractivity contribution in [1.29, 1.82) is 0 Å². The van der Waals surface area contributed by atoms with Crippen LogP contribution in [0.4, 0.5) is 0 Å². The van der Waals surface area contributed by atoms with Gasteiger partial charge in [0.15, 0.2) is 0 Å². The Bertz CT molecular complexity index is 404. The molecule has 4 heteroatoms. The van der Waals surface area contributed by atoms with Crippen LogP contribution in [0.5, 0.6) is 11.5 Å². The third-order valence-corrected chi connectivity index (χ3v) is 3.33. The van der Waals surface area contributed by atoms with E-state index in [9.17, 15) is 0 Å². The Labute approximate surface area is 101 Å². The summed E-state index contributed by atoms with van der Waals surface area (Å²) in [6.45, 7) is 2.40. The van der Waals surface area contributed by atoms with E-state index in [2.05, 4.69) is 11.4 Å². The van der Waals surface area contributed by atoms with Gasteiger partial charge in [0.05, 0.1) is 33.0 Å². The van der Waals surface area contributed by atoms with Crippen LogP contribution in [0.1, 0.15) is 18.0 Å². The highest BCUT2D eigenvalue weighted by molar-refractivity contribution is 5.43. The van der Waals surface area contributed by atoms with Gasteiger partial charge in [0.25, 0.3) is 0 Å². The van der Waals surface area contributed by atoms with Crippen LogP contribution in [-0.4, -0.2) is 33.0 Å². The van der Waals surface area contributed by atoms with Crippen LogP contribution in [-0.2, 0) is 4.74 Å². The first-order valence-electron chi connectivity index (χ1n) is 6.01. The average molecular weight is 235 g/mol. The highest BCUT2D eigenvalue weighted by atomic mass is 16.5. The van der Waals surface area contributed by atoms with Crippen LogP contribution in [0, 0.1) is 0 Å². The van der Waals surface area contributed by atoms with E-state index in [1.54, 1.807) is 7.11 Å². The molecule has 0 bridgehead atoms. The van der Waals surface area contributed by atoms with Gasteiger partial charge in [-0.3, -0.25) is 0 Å². The lowest BCUT2D eigenvalue weighted by Gasteiger charge is -2.34. The number of hydrogen-bond acceptors (Lipinski definition) is 4. The van der Waals surface area contributed by atoms with Crippen molar-refractivity contribution in [2.75, 3.05) is 26.9 Å². The summed E-state index contributed by atoms with van der Waals surface area (Å²) in [4.78, 5) is 0. The monoisotopic (exact) mass is 235 g/mol. The molecule has 3 rings (SSSR count). The van der Waals surface area contributed by atoms with Crippen molar-refractivity contribution in [2.45, 2.75) is 18.5 Å². The first kappa shape index (κ1) is 10.9. The quantitative estimate of drug-likeness (QED) is 0.862. The van der Waals surface area contributed by atoms with Gasteiger partial charge < -0.3 is 19.5 Å². The first-order valence-corrected chi connectivity index (χ1v) is 6.01. The normalized spacial score (nSPS) is 23.5. The molecule has 1 N–H and O–H groups in total. The minimum atomic E-state index is 0.350. The van der Waals surface area contributed by atoms with Gasteiger partial charge in [-0.05, 0) is 18.2 Å². The van der Waals surface area contributed by atoms with Crippen LogP contribution in [0.3, 0.4) is 0 Å². The zero-order valence-corrected chi connectivity index (χ0v) is 9.94. The molecule has 1 unspecified atom stereocenters. The summed E-state index contributed by atoms with van der Waals surface area (Å²) in [6.07, 6.45) is 0.997. The summed E-state index contributed by atoms with van der Waals surface area (Å²) in [6, 6.07) is 6.82. The number of nitrogens with one attached hydrogen (secondary N) is 1. The van der Waals surface area contributed by atoms with Gasteiger partial charge in [-0.2, -0.15) is 0 Å². The zero-order valence-electron chi connectivity index (χ0n) is 9.94. The SMILES string of the molecule is COc1ccc2c(c1)C(NC1COC1)CCO2. The maximum atomic E-state index is 5.66. The predicted octanol–water partition coefficient (Wildman–Crippen LogP) is 1.51. The summed E-state index contributed by atoms with van der Waals surface area (Å²) in [5, 5.41) is 3.60. The highest BCUT2D eigenvalue weighted by Gasteiger charge is 2.27. The third-order valence-electron chi connectivity index (χ3n) is 3.33. The van der Waals surface area contributed by atoms with Gasteiger partial charge in [-0.1, -0.05) is 0 Å².